The smallest absolute Gasteiger partial charge is 0.224 e. The normalized spacial score (nSPS) is 13.7. The van der Waals surface area contributed by atoms with E-state index in [1.54, 1.807) is 11.0 Å². The van der Waals surface area contributed by atoms with Crippen molar-refractivity contribution < 1.29 is 4.79 Å². The molecule has 3 aromatic rings. The van der Waals surface area contributed by atoms with Crippen molar-refractivity contribution in [3.63, 3.8) is 0 Å². The van der Waals surface area contributed by atoms with Crippen LogP contribution in [0.1, 0.15) is 23.4 Å². The Balaban J connectivity index is 1.32. The summed E-state index contributed by atoms with van der Waals surface area (Å²) in [7, 11) is 2.10. The van der Waals surface area contributed by atoms with Crippen molar-refractivity contribution in [1.29, 1.82) is 0 Å². The van der Waals surface area contributed by atoms with Crippen LogP contribution in [0.2, 0.25) is 0 Å². The molecule has 2 aromatic heterocycles. The predicted octanol–water partition coefficient (Wildman–Crippen LogP) is 1.54. The van der Waals surface area contributed by atoms with Crippen molar-refractivity contribution >= 4 is 5.91 Å². The van der Waals surface area contributed by atoms with Gasteiger partial charge in [0.2, 0.25) is 5.91 Å². The fourth-order valence-corrected chi connectivity index (χ4v) is 3.56. The van der Waals surface area contributed by atoms with E-state index in [9.17, 15) is 4.79 Å². The number of nitrogens with zero attached hydrogens (tertiary/aromatic N) is 7. The minimum atomic E-state index is 0.144. The first kappa shape index (κ1) is 18.4. The van der Waals surface area contributed by atoms with Crippen LogP contribution in [0.15, 0.2) is 49.1 Å². The van der Waals surface area contributed by atoms with Crippen LogP contribution >= 0.6 is 0 Å². The van der Waals surface area contributed by atoms with E-state index in [2.05, 4.69) is 52.4 Å². The minimum Gasteiger partial charge on any atom is -0.335 e. The van der Waals surface area contributed by atoms with Gasteiger partial charge in [-0.25, -0.2) is 4.98 Å². The molecule has 3 heterocycles. The molecule has 1 aromatic carbocycles. The van der Waals surface area contributed by atoms with E-state index in [-0.39, 0.29) is 5.91 Å². The van der Waals surface area contributed by atoms with E-state index in [1.807, 2.05) is 15.6 Å². The molecule has 8 heteroatoms. The van der Waals surface area contributed by atoms with Gasteiger partial charge in [-0.2, -0.15) is 10.2 Å². The lowest BCUT2D eigenvalue weighted by atomic mass is 10.2. The minimum absolute atomic E-state index is 0.144. The summed E-state index contributed by atoms with van der Waals surface area (Å²) in [5.74, 6) is 0.144. The molecule has 0 bridgehead atoms. The van der Waals surface area contributed by atoms with Crippen LogP contribution in [0.25, 0.3) is 0 Å². The third-order valence-corrected chi connectivity index (χ3v) is 4.95. The van der Waals surface area contributed by atoms with E-state index in [4.69, 9.17) is 5.10 Å². The lowest BCUT2D eigenvalue weighted by Crippen LogP contribution is -2.38. The number of carbonyl (C=O) groups is 1. The summed E-state index contributed by atoms with van der Waals surface area (Å²) in [4.78, 5) is 20.6. The molecule has 1 aliphatic heterocycles. The van der Waals surface area contributed by atoms with Crippen LogP contribution in [0, 0.1) is 0 Å². The van der Waals surface area contributed by atoms with Gasteiger partial charge >= 0.3 is 0 Å². The lowest BCUT2D eigenvalue weighted by Gasteiger charge is -2.27. The van der Waals surface area contributed by atoms with E-state index < -0.39 is 0 Å². The fraction of sp³-hybridized carbons (Fsp3) is 0.400. The maximum absolute atomic E-state index is 12.5. The monoisotopic (exact) mass is 379 g/mol. The van der Waals surface area contributed by atoms with E-state index in [0.717, 1.165) is 31.0 Å². The molecule has 0 spiro atoms. The SMILES string of the molecule is CN(Cc1ccccc1)Cc1cc2n(n1)CCN(C(=O)CCn1cncn1)C2. The van der Waals surface area contributed by atoms with Gasteiger partial charge in [-0.1, -0.05) is 30.3 Å². The first-order valence-corrected chi connectivity index (χ1v) is 9.55. The number of rotatable bonds is 7. The number of aryl methyl sites for hydroxylation is 1. The van der Waals surface area contributed by atoms with Gasteiger partial charge in [0.05, 0.1) is 31.0 Å². The number of carbonyl (C=O) groups excluding carboxylic acids is 1. The first-order valence-electron chi connectivity index (χ1n) is 9.55. The summed E-state index contributed by atoms with van der Waals surface area (Å²) in [6, 6.07) is 12.6. The molecule has 0 fully saturated rings. The Morgan fingerprint density at radius 2 is 2.04 bits per heavy atom. The molecular weight excluding hydrogens is 354 g/mol. The van der Waals surface area contributed by atoms with Gasteiger partial charge in [0.15, 0.2) is 0 Å². The summed E-state index contributed by atoms with van der Waals surface area (Å²) in [5, 5.41) is 8.77. The summed E-state index contributed by atoms with van der Waals surface area (Å²) in [6.45, 7) is 4.29. The molecule has 0 radical (unpaired) electrons. The summed E-state index contributed by atoms with van der Waals surface area (Å²) in [6.07, 6.45) is 3.56. The van der Waals surface area contributed by atoms with Crippen LogP contribution < -0.4 is 0 Å². The van der Waals surface area contributed by atoms with Gasteiger partial charge in [-0.3, -0.25) is 19.1 Å². The second-order valence-electron chi connectivity index (χ2n) is 7.23. The average Bonchev–Trinajstić information content (AvgIpc) is 3.35. The number of hydrogen-bond donors (Lipinski definition) is 0. The number of amides is 1. The summed E-state index contributed by atoms with van der Waals surface area (Å²) < 4.78 is 3.72. The number of benzene rings is 1. The van der Waals surface area contributed by atoms with Gasteiger partial charge < -0.3 is 4.90 Å². The van der Waals surface area contributed by atoms with Crippen molar-refractivity contribution in [2.75, 3.05) is 13.6 Å². The van der Waals surface area contributed by atoms with Gasteiger partial charge in [0, 0.05) is 26.1 Å². The van der Waals surface area contributed by atoms with Crippen LogP contribution in [0.5, 0.6) is 0 Å². The molecule has 0 saturated heterocycles. The Bertz CT molecular complexity index is 904. The zero-order valence-electron chi connectivity index (χ0n) is 16.1. The fourth-order valence-electron chi connectivity index (χ4n) is 3.56. The number of aromatic nitrogens is 5. The highest BCUT2D eigenvalue weighted by Crippen LogP contribution is 2.16. The molecule has 1 aliphatic rings. The molecule has 4 rings (SSSR count). The highest BCUT2D eigenvalue weighted by molar-refractivity contribution is 5.76. The quantitative estimate of drug-likeness (QED) is 0.623. The first-order chi connectivity index (χ1) is 13.7. The Kier molecular flexibility index (Phi) is 5.48. The van der Waals surface area contributed by atoms with Crippen LogP contribution in [0.3, 0.4) is 0 Å². The lowest BCUT2D eigenvalue weighted by molar-refractivity contribution is -0.133. The summed E-state index contributed by atoms with van der Waals surface area (Å²) in [5.41, 5.74) is 3.44. The average molecular weight is 379 g/mol. The Morgan fingerprint density at radius 1 is 1.18 bits per heavy atom. The molecule has 28 heavy (non-hydrogen) atoms. The molecule has 0 saturated carbocycles. The van der Waals surface area contributed by atoms with Crippen molar-refractivity contribution in [3.05, 3.63) is 66.0 Å². The van der Waals surface area contributed by atoms with Gasteiger partial charge in [-0.15, -0.1) is 0 Å². The second-order valence-corrected chi connectivity index (χ2v) is 7.23. The maximum Gasteiger partial charge on any atom is 0.224 e. The highest BCUT2D eigenvalue weighted by atomic mass is 16.2. The zero-order chi connectivity index (χ0) is 19.3. The van der Waals surface area contributed by atoms with Crippen LogP contribution in [-0.2, 0) is 37.5 Å². The molecule has 1 amide bonds. The molecule has 8 nitrogen and oxygen atoms in total. The Labute approximate surface area is 164 Å². The molecule has 0 unspecified atom stereocenters. The van der Waals surface area contributed by atoms with E-state index in [1.165, 1.54) is 11.9 Å². The molecule has 146 valence electrons. The Hall–Kier alpha value is -3.00. The highest BCUT2D eigenvalue weighted by Gasteiger charge is 2.22. The van der Waals surface area contributed by atoms with Gasteiger partial charge in [0.1, 0.15) is 12.7 Å². The van der Waals surface area contributed by atoms with Gasteiger partial charge in [0.25, 0.3) is 0 Å². The van der Waals surface area contributed by atoms with E-state index in [0.29, 0.717) is 26.1 Å². The predicted molar refractivity (Wildman–Crippen MR) is 104 cm³/mol. The zero-order valence-corrected chi connectivity index (χ0v) is 16.1. The second kappa shape index (κ2) is 8.35. The van der Waals surface area contributed by atoms with Crippen LogP contribution in [-0.4, -0.2) is 53.8 Å². The molecule has 0 atom stereocenters. The van der Waals surface area contributed by atoms with E-state index >= 15 is 0 Å². The van der Waals surface area contributed by atoms with Crippen LogP contribution in [0.4, 0.5) is 0 Å². The van der Waals surface area contributed by atoms with Crippen molar-refractivity contribution in [2.45, 2.75) is 39.1 Å². The van der Waals surface area contributed by atoms with Crippen molar-refractivity contribution in [2.24, 2.45) is 0 Å². The molecular formula is C20H25N7O. The maximum atomic E-state index is 12.5. The third kappa shape index (κ3) is 4.45. The summed E-state index contributed by atoms with van der Waals surface area (Å²) >= 11 is 0. The van der Waals surface area contributed by atoms with Crippen molar-refractivity contribution in [1.82, 2.24) is 34.3 Å². The number of fused-ring (bicyclic) bond motifs is 1. The Morgan fingerprint density at radius 3 is 2.82 bits per heavy atom. The van der Waals surface area contributed by atoms with Crippen molar-refractivity contribution in [3.8, 4) is 0 Å². The molecule has 0 aliphatic carbocycles. The standard InChI is InChI=1S/C20H25N7O/c1-24(12-17-5-3-2-4-6-17)13-18-11-19-14-25(9-10-27(19)23-18)20(28)7-8-26-16-21-15-22-26/h2-6,11,15-16H,7-10,12-14H2,1H3. The third-order valence-electron chi connectivity index (χ3n) is 4.95. The van der Waals surface area contributed by atoms with Gasteiger partial charge in [-0.05, 0) is 18.7 Å². The topological polar surface area (TPSA) is 72.1 Å². The largest absolute Gasteiger partial charge is 0.335 e. The molecule has 0 N–H and O–H groups in total. The number of hydrogen-bond acceptors (Lipinski definition) is 5.